The minimum atomic E-state index is -0.391. The van der Waals surface area contributed by atoms with Crippen LogP contribution < -0.4 is 5.56 Å². The van der Waals surface area contributed by atoms with Crippen LogP contribution in [0.15, 0.2) is 46.6 Å². The van der Waals surface area contributed by atoms with Crippen molar-refractivity contribution in [1.29, 1.82) is 0 Å². The molecule has 9 heteroatoms. The quantitative estimate of drug-likeness (QED) is 0.347. The number of thiophene rings is 1. The molecular weight excluding hydrogens is 484 g/mol. The summed E-state index contributed by atoms with van der Waals surface area (Å²) in [4.78, 5) is 20.5. The first kappa shape index (κ1) is 24.5. The topological polar surface area (TPSA) is 88.9 Å². The van der Waals surface area contributed by atoms with Crippen LogP contribution in [-0.2, 0) is 11.3 Å². The van der Waals surface area contributed by atoms with Gasteiger partial charge >= 0.3 is 0 Å². The summed E-state index contributed by atoms with van der Waals surface area (Å²) < 4.78 is 8.10. The number of aromatic amines is 1. The molecule has 194 valence electrons. The van der Waals surface area contributed by atoms with E-state index in [1.165, 1.54) is 24.1 Å². The summed E-state index contributed by atoms with van der Waals surface area (Å²) in [7, 11) is 0. The lowest BCUT2D eigenvalue weighted by Gasteiger charge is -2.33. The number of aromatic nitrogens is 5. The summed E-state index contributed by atoms with van der Waals surface area (Å²) in [5, 5.41) is 16.4. The zero-order valence-electron chi connectivity index (χ0n) is 21.3. The van der Waals surface area contributed by atoms with Gasteiger partial charge in [0, 0.05) is 35.7 Å². The van der Waals surface area contributed by atoms with Crippen LogP contribution in [0.25, 0.3) is 10.9 Å². The Morgan fingerprint density at radius 3 is 2.84 bits per heavy atom. The first-order valence-corrected chi connectivity index (χ1v) is 14.3. The van der Waals surface area contributed by atoms with Crippen LogP contribution in [0.3, 0.4) is 0 Å². The molecule has 1 aliphatic heterocycles. The number of nitrogens with one attached hydrogen (secondary N) is 1. The molecule has 0 unspecified atom stereocenters. The van der Waals surface area contributed by atoms with Crippen molar-refractivity contribution < 1.29 is 4.74 Å². The van der Waals surface area contributed by atoms with Crippen LogP contribution in [0.4, 0.5) is 0 Å². The second kappa shape index (κ2) is 10.8. The zero-order chi connectivity index (χ0) is 25.2. The lowest BCUT2D eigenvalue weighted by Crippen LogP contribution is -2.39. The lowest BCUT2D eigenvalue weighted by molar-refractivity contribution is 0.0571. The van der Waals surface area contributed by atoms with Crippen LogP contribution in [0.5, 0.6) is 0 Å². The van der Waals surface area contributed by atoms with Gasteiger partial charge in [0.05, 0.1) is 12.1 Å². The Morgan fingerprint density at radius 1 is 1.16 bits per heavy atom. The second-order valence-corrected chi connectivity index (χ2v) is 11.5. The van der Waals surface area contributed by atoms with Gasteiger partial charge in [-0.15, -0.1) is 16.4 Å². The molecule has 8 nitrogen and oxygen atoms in total. The summed E-state index contributed by atoms with van der Waals surface area (Å²) in [6.45, 7) is 4.24. The number of rotatable bonds is 8. The number of tetrazole rings is 1. The predicted molar refractivity (Wildman–Crippen MR) is 145 cm³/mol. The Bertz CT molecular complexity index is 1390. The predicted octanol–water partition coefficient (Wildman–Crippen LogP) is 5.16. The van der Waals surface area contributed by atoms with Crippen molar-refractivity contribution in [3.63, 3.8) is 0 Å². The highest BCUT2D eigenvalue weighted by molar-refractivity contribution is 7.09. The monoisotopic (exact) mass is 518 g/mol. The molecule has 0 amide bonds. The van der Waals surface area contributed by atoms with E-state index in [0.29, 0.717) is 18.7 Å². The van der Waals surface area contributed by atoms with Crippen molar-refractivity contribution >= 4 is 22.2 Å². The summed E-state index contributed by atoms with van der Waals surface area (Å²) >= 11 is 1.73. The van der Waals surface area contributed by atoms with Gasteiger partial charge in [-0.05, 0) is 77.6 Å². The van der Waals surface area contributed by atoms with E-state index in [0.717, 1.165) is 54.6 Å². The molecule has 2 aliphatic rings. The maximum absolute atomic E-state index is 13.7. The first-order valence-electron chi connectivity index (χ1n) is 13.4. The molecule has 3 aromatic heterocycles. The smallest absolute Gasteiger partial charge is 0.253 e. The highest BCUT2D eigenvalue weighted by Gasteiger charge is 2.35. The van der Waals surface area contributed by atoms with Crippen molar-refractivity contribution in [2.45, 2.75) is 76.6 Å². The molecule has 1 aliphatic carbocycles. The molecular formula is C28H34N6O2S. The highest BCUT2D eigenvalue weighted by Crippen LogP contribution is 2.35. The number of benzene rings is 1. The number of H-pyrrole nitrogens is 1. The standard InChI is InChI=1S/C28H34N6O2S/c1-19-11-12-20-16-24(28(35)29-25(20)15-19)26(27-30-31-32-34(27)21-7-3-2-4-8-21)33(17-22-9-5-13-36-22)18-23-10-6-14-37-23/h6,10-12,14-16,21-22,26H,2-5,7-9,13,17-18H2,1H3,(H,29,35)/t22-,26+/m0/s1. The third-order valence-electron chi connectivity index (χ3n) is 7.77. The van der Waals surface area contributed by atoms with Crippen molar-refractivity contribution in [2.24, 2.45) is 0 Å². The molecule has 0 bridgehead atoms. The van der Waals surface area contributed by atoms with E-state index in [9.17, 15) is 4.79 Å². The normalized spacial score (nSPS) is 19.7. The number of hydrogen-bond donors (Lipinski definition) is 1. The summed E-state index contributed by atoms with van der Waals surface area (Å²) in [5.41, 5.74) is 2.55. The number of nitrogens with zero attached hydrogens (tertiary/aromatic N) is 5. The van der Waals surface area contributed by atoms with Crippen LogP contribution in [0.1, 0.15) is 78.9 Å². The fourth-order valence-corrected chi connectivity index (χ4v) is 6.64. The molecule has 2 atom stereocenters. The SMILES string of the molecule is Cc1ccc2cc([C@H](c3nnnn3C3CCCCC3)N(Cc3cccs3)C[C@@H]3CCCO3)c(=O)[nH]c2c1. The van der Waals surface area contributed by atoms with E-state index < -0.39 is 6.04 Å². The summed E-state index contributed by atoms with van der Waals surface area (Å²) in [6, 6.07) is 12.3. The molecule has 4 heterocycles. The fraction of sp³-hybridized carbons (Fsp3) is 0.500. The van der Waals surface area contributed by atoms with Crippen LogP contribution >= 0.6 is 11.3 Å². The zero-order valence-corrected chi connectivity index (χ0v) is 22.1. The maximum Gasteiger partial charge on any atom is 0.253 e. The van der Waals surface area contributed by atoms with Gasteiger partial charge in [-0.1, -0.05) is 37.5 Å². The second-order valence-electron chi connectivity index (χ2n) is 10.5. The average Bonchev–Trinajstić information content (AvgIpc) is 3.69. The average molecular weight is 519 g/mol. The molecule has 1 aromatic carbocycles. The van der Waals surface area contributed by atoms with Gasteiger partial charge in [-0.3, -0.25) is 9.69 Å². The Labute approximate surface area is 220 Å². The fourth-order valence-electron chi connectivity index (χ4n) is 5.91. The summed E-state index contributed by atoms with van der Waals surface area (Å²) in [6.07, 6.45) is 7.96. The van der Waals surface area contributed by atoms with Crippen molar-refractivity contribution in [3.05, 3.63) is 74.0 Å². The van der Waals surface area contributed by atoms with Crippen LogP contribution in [0.2, 0.25) is 0 Å². The van der Waals surface area contributed by atoms with E-state index in [-0.39, 0.29) is 17.7 Å². The van der Waals surface area contributed by atoms with E-state index in [1.54, 1.807) is 11.3 Å². The molecule has 4 aromatic rings. The minimum Gasteiger partial charge on any atom is -0.377 e. The third-order valence-corrected chi connectivity index (χ3v) is 8.64. The molecule has 1 saturated heterocycles. The number of fused-ring (bicyclic) bond motifs is 1. The van der Waals surface area contributed by atoms with Crippen molar-refractivity contribution in [3.8, 4) is 0 Å². The largest absolute Gasteiger partial charge is 0.377 e. The molecule has 0 radical (unpaired) electrons. The van der Waals surface area contributed by atoms with Crippen LogP contribution in [0, 0.1) is 6.92 Å². The molecule has 6 rings (SSSR count). The Hall–Kier alpha value is -2.88. The van der Waals surface area contributed by atoms with Gasteiger partial charge in [0.25, 0.3) is 5.56 Å². The number of hydrogen-bond acceptors (Lipinski definition) is 7. The van der Waals surface area contributed by atoms with E-state index >= 15 is 0 Å². The molecule has 37 heavy (non-hydrogen) atoms. The Balaban J connectivity index is 1.49. The first-order chi connectivity index (χ1) is 18.2. The molecule has 0 spiro atoms. The van der Waals surface area contributed by atoms with Gasteiger partial charge in [0.2, 0.25) is 0 Å². The molecule has 2 fully saturated rings. The van der Waals surface area contributed by atoms with Gasteiger partial charge in [-0.25, -0.2) is 4.68 Å². The van der Waals surface area contributed by atoms with Gasteiger partial charge in [-0.2, -0.15) is 0 Å². The number of pyridine rings is 1. The van der Waals surface area contributed by atoms with E-state index in [2.05, 4.69) is 55.1 Å². The van der Waals surface area contributed by atoms with Gasteiger partial charge in [0.15, 0.2) is 5.82 Å². The van der Waals surface area contributed by atoms with E-state index in [4.69, 9.17) is 4.74 Å². The Morgan fingerprint density at radius 2 is 2.05 bits per heavy atom. The van der Waals surface area contributed by atoms with E-state index in [1.807, 2.05) is 23.7 Å². The maximum atomic E-state index is 13.7. The van der Waals surface area contributed by atoms with Crippen LogP contribution in [-0.4, -0.2) is 49.3 Å². The summed E-state index contributed by atoms with van der Waals surface area (Å²) in [5.74, 6) is 0.749. The van der Waals surface area contributed by atoms with Crippen molar-refractivity contribution in [2.75, 3.05) is 13.2 Å². The van der Waals surface area contributed by atoms with Crippen molar-refractivity contribution in [1.82, 2.24) is 30.1 Å². The highest BCUT2D eigenvalue weighted by atomic mass is 32.1. The van der Waals surface area contributed by atoms with Gasteiger partial charge in [0.1, 0.15) is 6.04 Å². The number of aryl methyl sites for hydroxylation is 1. The van der Waals surface area contributed by atoms with Gasteiger partial charge < -0.3 is 9.72 Å². The Kier molecular flexibility index (Phi) is 7.17. The molecule has 1 saturated carbocycles. The third kappa shape index (κ3) is 5.26. The number of ether oxygens (including phenoxy) is 1. The lowest BCUT2D eigenvalue weighted by atomic mass is 9.95. The minimum absolute atomic E-state index is 0.0928. The molecule has 1 N–H and O–H groups in total.